The number of anilines is 1. The van der Waals surface area contributed by atoms with E-state index in [0.717, 1.165) is 17.7 Å². The van der Waals surface area contributed by atoms with Gasteiger partial charge in [0.25, 0.3) is 0 Å². The number of hydrogen-bond acceptors (Lipinski definition) is 2. The number of rotatable bonds is 6. The second kappa shape index (κ2) is 7.77. The third-order valence-electron chi connectivity index (χ3n) is 4.09. The molecule has 2 aromatic rings. The number of hydrogen-bond donors (Lipinski definition) is 1. The second-order valence-electron chi connectivity index (χ2n) is 6.32. The summed E-state index contributed by atoms with van der Waals surface area (Å²) in [6.07, 6.45) is 0.741. The van der Waals surface area contributed by atoms with Crippen molar-refractivity contribution in [3.05, 3.63) is 66.2 Å². The van der Waals surface area contributed by atoms with Gasteiger partial charge in [-0.25, -0.2) is 0 Å². The molecule has 0 fully saturated rings. The van der Waals surface area contributed by atoms with Crippen molar-refractivity contribution in [1.82, 2.24) is 5.32 Å². The molecule has 24 heavy (non-hydrogen) atoms. The van der Waals surface area contributed by atoms with Gasteiger partial charge in [-0.15, -0.1) is 0 Å². The Kier molecular flexibility index (Phi) is 5.74. The van der Waals surface area contributed by atoms with E-state index in [1.54, 1.807) is 20.9 Å². The summed E-state index contributed by atoms with van der Waals surface area (Å²) in [5.41, 5.74) is 0.803. The maximum atomic E-state index is 12.7. The summed E-state index contributed by atoms with van der Waals surface area (Å²) < 4.78 is 0. The zero-order valence-electron chi connectivity index (χ0n) is 14.5. The molecular weight excluding hydrogens is 300 g/mol. The molecule has 2 aromatic carbocycles. The lowest BCUT2D eigenvalue weighted by Gasteiger charge is -2.28. The fourth-order valence-electron chi connectivity index (χ4n) is 2.47. The van der Waals surface area contributed by atoms with E-state index in [0.29, 0.717) is 6.54 Å². The Bertz CT molecular complexity index is 681. The van der Waals surface area contributed by atoms with Gasteiger partial charge in [0.1, 0.15) is 5.41 Å². The summed E-state index contributed by atoms with van der Waals surface area (Å²) in [7, 11) is 1.69. The van der Waals surface area contributed by atoms with E-state index in [1.165, 1.54) is 4.90 Å². The third-order valence-corrected chi connectivity index (χ3v) is 4.09. The quantitative estimate of drug-likeness (QED) is 0.830. The van der Waals surface area contributed by atoms with E-state index in [9.17, 15) is 9.59 Å². The van der Waals surface area contributed by atoms with Crippen LogP contribution in [0.1, 0.15) is 19.4 Å². The summed E-state index contributed by atoms with van der Waals surface area (Å²) in [6.45, 7) is 3.83. The van der Waals surface area contributed by atoms with Crippen molar-refractivity contribution in [1.29, 1.82) is 0 Å². The van der Waals surface area contributed by atoms with E-state index < -0.39 is 5.41 Å². The van der Waals surface area contributed by atoms with E-state index in [1.807, 2.05) is 60.7 Å². The Balaban J connectivity index is 1.95. The summed E-state index contributed by atoms with van der Waals surface area (Å²) in [6, 6.07) is 19.3. The van der Waals surface area contributed by atoms with Gasteiger partial charge in [-0.2, -0.15) is 0 Å². The van der Waals surface area contributed by atoms with Crippen molar-refractivity contribution < 1.29 is 9.59 Å². The standard InChI is InChI=1S/C20H24N2O2/c1-20(2,19(24)22(3)17-12-8-5-9-13-17)18(23)21-15-14-16-10-6-4-7-11-16/h4-13H,14-15H2,1-3H3,(H,21,23). The van der Waals surface area contributed by atoms with Crippen molar-refractivity contribution in [2.75, 3.05) is 18.5 Å². The molecule has 0 bridgehead atoms. The molecule has 0 atom stereocenters. The molecule has 126 valence electrons. The largest absolute Gasteiger partial charge is 0.355 e. The smallest absolute Gasteiger partial charge is 0.241 e. The van der Waals surface area contributed by atoms with Crippen molar-refractivity contribution in [2.45, 2.75) is 20.3 Å². The van der Waals surface area contributed by atoms with Gasteiger partial charge in [-0.3, -0.25) is 9.59 Å². The monoisotopic (exact) mass is 324 g/mol. The molecule has 1 N–H and O–H groups in total. The van der Waals surface area contributed by atoms with Crippen molar-refractivity contribution >= 4 is 17.5 Å². The molecule has 0 aliphatic rings. The summed E-state index contributed by atoms with van der Waals surface area (Å²) in [5.74, 6) is -0.489. The second-order valence-corrected chi connectivity index (χ2v) is 6.32. The molecule has 0 heterocycles. The van der Waals surface area contributed by atoms with Crippen LogP contribution < -0.4 is 10.2 Å². The first-order valence-electron chi connectivity index (χ1n) is 8.08. The van der Waals surface area contributed by atoms with Crippen molar-refractivity contribution in [3.8, 4) is 0 Å². The van der Waals surface area contributed by atoms with Crippen LogP contribution in [0.2, 0.25) is 0 Å². The highest BCUT2D eigenvalue weighted by Gasteiger charge is 2.38. The Morgan fingerprint density at radius 2 is 1.50 bits per heavy atom. The molecule has 0 saturated heterocycles. The first-order valence-corrected chi connectivity index (χ1v) is 8.08. The number of para-hydroxylation sites is 1. The first-order chi connectivity index (χ1) is 11.4. The van der Waals surface area contributed by atoms with Crippen LogP contribution >= 0.6 is 0 Å². The third kappa shape index (κ3) is 4.22. The number of carbonyl (C=O) groups is 2. The normalized spacial score (nSPS) is 11.0. The Morgan fingerprint density at radius 1 is 0.958 bits per heavy atom. The predicted octanol–water partition coefficient (Wildman–Crippen LogP) is 3.03. The van der Waals surface area contributed by atoms with Gasteiger partial charge in [0.05, 0.1) is 0 Å². The summed E-state index contributed by atoms with van der Waals surface area (Å²) in [4.78, 5) is 26.7. The number of nitrogens with one attached hydrogen (secondary N) is 1. The van der Waals surface area contributed by atoms with Gasteiger partial charge in [0.2, 0.25) is 11.8 Å². The minimum atomic E-state index is -1.12. The lowest BCUT2D eigenvalue weighted by molar-refractivity contribution is -0.139. The predicted molar refractivity (Wildman–Crippen MR) is 96.8 cm³/mol. The molecule has 0 aliphatic carbocycles. The number of nitrogens with zero attached hydrogens (tertiary/aromatic N) is 1. The van der Waals surface area contributed by atoms with E-state index >= 15 is 0 Å². The fourth-order valence-corrected chi connectivity index (χ4v) is 2.47. The molecular formula is C20H24N2O2. The van der Waals surface area contributed by atoms with Crippen LogP contribution in [0, 0.1) is 5.41 Å². The van der Waals surface area contributed by atoms with Gasteiger partial charge in [0.15, 0.2) is 0 Å². The topological polar surface area (TPSA) is 49.4 Å². The molecule has 0 saturated carbocycles. The molecule has 4 nitrogen and oxygen atoms in total. The van der Waals surface area contributed by atoms with Crippen LogP contribution in [0.3, 0.4) is 0 Å². The average Bonchev–Trinajstić information content (AvgIpc) is 2.62. The first kappa shape index (κ1) is 17.7. The minimum Gasteiger partial charge on any atom is -0.355 e. The molecule has 0 unspecified atom stereocenters. The summed E-state index contributed by atoms with van der Waals surface area (Å²) >= 11 is 0. The highest BCUT2D eigenvalue weighted by Crippen LogP contribution is 2.22. The fraction of sp³-hybridized carbons (Fsp3) is 0.300. The van der Waals surface area contributed by atoms with Crippen molar-refractivity contribution in [3.63, 3.8) is 0 Å². The number of amides is 2. The average molecular weight is 324 g/mol. The van der Waals surface area contributed by atoms with Crippen LogP contribution in [0.15, 0.2) is 60.7 Å². The molecule has 4 heteroatoms. The lowest BCUT2D eigenvalue weighted by atomic mass is 9.90. The maximum Gasteiger partial charge on any atom is 0.241 e. The lowest BCUT2D eigenvalue weighted by Crippen LogP contribution is -2.49. The van der Waals surface area contributed by atoms with Crippen LogP contribution in [0.5, 0.6) is 0 Å². The van der Waals surface area contributed by atoms with E-state index in [2.05, 4.69) is 5.32 Å². The maximum absolute atomic E-state index is 12.7. The van der Waals surface area contributed by atoms with Crippen LogP contribution in [0.4, 0.5) is 5.69 Å². The summed E-state index contributed by atoms with van der Waals surface area (Å²) in [5, 5.41) is 2.87. The van der Waals surface area contributed by atoms with Gasteiger partial charge >= 0.3 is 0 Å². The highest BCUT2D eigenvalue weighted by molar-refractivity contribution is 6.10. The number of benzene rings is 2. The SMILES string of the molecule is CN(C(=O)C(C)(C)C(=O)NCCc1ccccc1)c1ccccc1. The Morgan fingerprint density at radius 3 is 2.08 bits per heavy atom. The van der Waals surface area contributed by atoms with E-state index in [-0.39, 0.29) is 11.8 Å². The molecule has 0 aliphatic heterocycles. The zero-order valence-corrected chi connectivity index (χ0v) is 14.5. The van der Waals surface area contributed by atoms with Crippen molar-refractivity contribution in [2.24, 2.45) is 5.41 Å². The van der Waals surface area contributed by atoms with Crippen LogP contribution in [-0.4, -0.2) is 25.4 Å². The van der Waals surface area contributed by atoms with Gasteiger partial charge < -0.3 is 10.2 Å². The van der Waals surface area contributed by atoms with Gasteiger partial charge in [-0.05, 0) is 38.0 Å². The highest BCUT2D eigenvalue weighted by atomic mass is 16.2. The molecule has 0 aromatic heterocycles. The molecule has 0 spiro atoms. The zero-order chi connectivity index (χ0) is 17.6. The van der Waals surface area contributed by atoms with Crippen LogP contribution in [0.25, 0.3) is 0 Å². The Hall–Kier alpha value is -2.62. The van der Waals surface area contributed by atoms with Gasteiger partial charge in [0, 0.05) is 19.3 Å². The molecule has 0 radical (unpaired) electrons. The van der Waals surface area contributed by atoms with Gasteiger partial charge in [-0.1, -0.05) is 48.5 Å². The minimum absolute atomic E-state index is 0.231. The van der Waals surface area contributed by atoms with E-state index in [4.69, 9.17) is 0 Å². The molecule has 2 amide bonds. The Labute approximate surface area is 143 Å². The van der Waals surface area contributed by atoms with Crippen LogP contribution in [-0.2, 0) is 16.0 Å². The number of carbonyl (C=O) groups excluding carboxylic acids is 2. The molecule has 2 rings (SSSR count).